The van der Waals surface area contributed by atoms with Gasteiger partial charge in [0.25, 0.3) is 0 Å². The molecule has 0 spiro atoms. The molecule has 0 aromatic carbocycles. The molecule has 1 N–H and O–H groups in total. The van der Waals surface area contributed by atoms with Crippen LogP contribution in [0.4, 0.5) is 0 Å². The number of ether oxygens (including phenoxy) is 1. The highest BCUT2D eigenvalue weighted by Gasteiger charge is 2.23. The Hall–Kier alpha value is -0.940. The van der Waals surface area contributed by atoms with E-state index in [4.69, 9.17) is 4.74 Å². The average molecular weight is 237 g/mol. The SMILES string of the molecule is OC1CCn2c(nnc2CC2CCOCC2)C1. The Morgan fingerprint density at radius 3 is 2.88 bits per heavy atom. The molecule has 0 saturated carbocycles. The van der Waals surface area contributed by atoms with Crippen LogP contribution in [0, 0.1) is 5.92 Å². The molecule has 1 saturated heterocycles. The summed E-state index contributed by atoms with van der Waals surface area (Å²) in [4.78, 5) is 0. The van der Waals surface area contributed by atoms with Crippen molar-refractivity contribution in [2.24, 2.45) is 5.92 Å². The zero-order valence-electron chi connectivity index (χ0n) is 10.0. The van der Waals surface area contributed by atoms with Crippen LogP contribution in [0.2, 0.25) is 0 Å². The molecule has 3 rings (SSSR count). The smallest absolute Gasteiger partial charge is 0.135 e. The molecule has 94 valence electrons. The summed E-state index contributed by atoms with van der Waals surface area (Å²) in [6, 6.07) is 0. The van der Waals surface area contributed by atoms with E-state index in [0.717, 1.165) is 57.1 Å². The Labute approximate surface area is 101 Å². The Bertz CT molecular complexity index is 385. The lowest BCUT2D eigenvalue weighted by Gasteiger charge is -2.23. The second-order valence-corrected chi connectivity index (χ2v) is 5.09. The fourth-order valence-corrected chi connectivity index (χ4v) is 2.73. The predicted octanol–water partition coefficient (Wildman–Crippen LogP) is 0.554. The van der Waals surface area contributed by atoms with E-state index in [9.17, 15) is 5.11 Å². The van der Waals surface area contributed by atoms with E-state index in [1.165, 1.54) is 0 Å². The van der Waals surface area contributed by atoms with Crippen LogP contribution in [0.15, 0.2) is 0 Å². The van der Waals surface area contributed by atoms with Crippen molar-refractivity contribution in [2.75, 3.05) is 13.2 Å². The monoisotopic (exact) mass is 237 g/mol. The predicted molar refractivity (Wildman–Crippen MR) is 61.6 cm³/mol. The lowest BCUT2D eigenvalue weighted by molar-refractivity contribution is 0.0655. The minimum atomic E-state index is -0.234. The van der Waals surface area contributed by atoms with Gasteiger partial charge in [0.1, 0.15) is 11.6 Å². The van der Waals surface area contributed by atoms with Gasteiger partial charge in [0, 0.05) is 32.6 Å². The third kappa shape index (κ3) is 2.35. The molecular formula is C12H19N3O2. The van der Waals surface area contributed by atoms with Crippen LogP contribution < -0.4 is 0 Å². The molecule has 17 heavy (non-hydrogen) atoms. The van der Waals surface area contributed by atoms with Gasteiger partial charge in [-0.2, -0.15) is 0 Å². The quantitative estimate of drug-likeness (QED) is 0.816. The molecule has 2 aliphatic heterocycles. The molecule has 1 fully saturated rings. The minimum Gasteiger partial charge on any atom is -0.393 e. The lowest BCUT2D eigenvalue weighted by Crippen LogP contribution is -2.25. The summed E-state index contributed by atoms with van der Waals surface area (Å²) in [5.74, 6) is 2.73. The summed E-state index contributed by atoms with van der Waals surface area (Å²) in [7, 11) is 0. The number of aliphatic hydroxyl groups excluding tert-OH is 1. The first-order valence-corrected chi connectivity index (χ1v) is 6.49. The first-order valence-electron chi connectivity index (χ1n) is 6.49. The van der Waals surface area contributed by atoms with Crippen molar-refractivity contribution in [3.8, 4) is 0 Å². The molecule has 1 unspecified atom stereocenters. The van der Waals surface area contributed by atoms with Crippen molar-refractivity contribution >= 4 is 0 Å². The zero-order chi connectivity index (χ0) is 11.7. The molecule has 2 aliphatic rings. The van der Waals surface area contributed by atoms with Gasteiger partial charge in [0.05, 0.1) is 6.10 Å². The van der Waals surface area contributed by atoms with E-state index in [-0.39, 0.29) is 6.10 Å². The van der Waals surface area contributed by atoms with E-state index in [1.54, 1.807) is 0 Å². The molecule has 0 bridgehead atoms. The highest BCUT2D eigenvalue weighted by molar-refractivity contribution is 5.01. The normalized spacial score (nSPS) is 25.8. The molecular weight excluding hydrogens is 218 g/mol. The topological polar surface area (TPSA) is 60.2 Å². The van der Waals surface area contributed by atoms with E-state index in [0.29, 0.717) is 12.3 Å². The first-order chi connectivity index (χ1) is 8.33. The van der Waals surface area contributed by atoms with E-state index in [2.05, 4.69) is 14.8 Å². The van der Waals surface area contributed by atoms with Crippen molar-refractivity contribution in [1.29, 1.82) is 0 Å². The molecule has 0 aliphatic carbocycles. The van der Waals surface area contributed by atoms with Crippen molar-refractivity contribution in [1.82, 2.24) is 14.8 Å². The Kier molecular flexibility index (Phi) is 3.11. The Morgan fingerprint density at radius 2 is 2.06 bits per heavy atom. The molecule has 1 aromatic heterocycles. The van der Waals surface area contributed by atoms with E-state index in [1.807, 2.05) is 0 Å². The van der Waals surface area contributed by atoms with Crippen molar-refractivity contribution < 1.29 is 9.84 Å². The average Bonchev–Trinajstić information content (AvgIpc) is 2.73. The van der Waals surface area contributed by atoms with Gasteiger partial charge >= 0.3 is 0 Å². The van der Waals surface area contributed by atoms with Gasteiger partial charge in [-0.1, -0.05) is 0 Å². The summed E-state index contributed by atoms with van der Waals surface area (Å²) >= 11 is 0. The van der Waals surface area contributed by atoms with Gasteiger partial charge in [-0.05, 0) is 25.2 Å². The summed E-state index contributed by atoms with van der Waals surface area (Å²) in [5, 5.41) is 18.1. The molecule has 5 nitrogen and oxygen atoms in total. The number of aromatic nitrogens is 3. The number of rotatable bonds is 2. The maximum atomic E-state index is 9.59. The van der Waals surface area contributed by atoms with Crippen LogP contribution in [0.3, 0.4) is 0 Å². The number of hydrogen-bond donors (Lipinski definition) is 1. The largest absolute Gasteiger partial charge is 0.393 e. The number of fused-ring (bicyclic) bond motifs is 1. The van der Waals surface area contributed by atoms with Crippen LogP contribution in [-0.4, -0.2) is 39.2 Å². The first kappa shape index (κ1) is 11.2. The van der Waals surface area contributed by atoms with Gasteiger partial charge < -0.3 is 14.4 Å². The van der Waals surface area contributed by atoms with E-state index >= 15 is 0 Å². The van der Waals surface area contributed by atoms with Crippen molar-refractivity contribution in [3.63, 3.8) is 0 Å². The third-order valence-electron chi connectivity index (χ3n) is 3.82. The van der Waals surface area contributed by atoms with Crippen molar-refractivity contribution in [3.05, 3.63) is 11.6 Å². The minimum absolute atomic E-state index is 0.234. The fraction of sp³-hybridized carbons (Fsp3) is 0.833. The van der Waals surface area contributed by atoms with Crippen LogP contribution in [-0.2, 0) is 24.1 Å². The molecule has 1 atom stereocenters. The van der Waals surface area contributed by atoms with Crippen molar-refractivity contribution in [2.45, 2.75) is 44.8 Å². The summed E-state index contributed by atoms with van der Waals surface area (Å²) in [6.45, 7) is 2.62. The zero-order valence-corrected chi connectivity index (χ0v) is 10.0. The Balaban J connectivity index is 1.71. The Morgan fingerprint density at radius 1 is 1.24 bits per heavy atom. The molecule has 3 heterocycles. The maximum Gasteiger partial charge on any atom is 0.135 e. The third-order valence-corrected chi connectivity index (χ3v) is 3.82. The highest BCUT2D eigenvalue weighted by Crippen LogP contribution is 2.22. The van der Waals surface area contributed by atoms with Gasteiger partial charge in [-0.25, -0.2) is 0 Å². The van der Waals surface area contributed by atoms with Gasteiger partial charge in [-0.15, -0.1) is 10.2 Å². The van der Waals surface area contributed by atoms with Gasteiger partial charge in [0.2, 0.25) is 0 Å². The van der Waals surface area contributed by atoms with Gasteiger partial charge in [0.15, 0.2) is 0 Å². The molecule has 0 amide bonds. The number of aliphatic hydroxyl groups is 1. The second kappa shape index (κ2) is 4.74. The molecule has 0 radical (unpaired) electrons. The highest BCUT2D eigenvalue weighted by atomic mass is 16.5. The van der Waals surface area contributed by atoms with Crippen LogP contribution in [0.5, 0.6) is 0 Å². The molecule has 1 aromatic rings. The summed E-state index contributed by atoms with van der Waals surface area (Å²) < 4.78 is 7.57. The molecule has 5 heteroatoms. The van der Waals surface area contributed by atoms with E-state index < -0.39 is 0 Å². The number of hydrogen-bond acceptors (Lipinski definition) is 4. The van der Waals surface area contributed by atoms with Gasteiger partial charge in [-0.3, -0.25) is 0 Å². The lowest BCUT2D eigenvalue weighted by atomic mass is 9.96. The van der Waals surface area contributed by atoms with Crippen LogP contribution in [0.1, 0.15) is 30.9 Å². The standard InChI is InChI=1S/C12H19N3O2/c16-10-1-4-15-11(13-14-12(15)8-10)7-9-2-5-17-6-3-9/h9-10,16H,1-8H2. The van der Waals surface area contributed by atoms with Crippen LogP contribution in [0.25, 0.3) is 0 Å². The number of nitrogens with zero attached hydrogens (tertiary/aromatic N) is 3. The van der Waals surface area contributed by atoms with Crippen LogP contribution >= 0.6 is 0 Å². The fourth-order valence-electron chi connectivity index (χ4n) is 2.73. The maximum absolute atomic E-state index is 9.59. The second-order valence-electron chi connectivity index (χ2n) is 5.09. The summed E-state index contributed by atoms with van der Waals surface area (Å²) in [5.41, 5.74) is 0. The summed E-state index contributed by atoms with van der Waals surface area (Å²) in [6.07, 6.45) is 4.51.